The van der Waals surface area contributed by atoms with Gasteiger partial charge in [0.05, 0.1) is 16.8 Å². The van der Waals surface area contributed by atoms with Crippen LogP contribution in [0.2, 0.25) is 0 Å². The monoisotopic (exact) mass is 454 g/mol. The summed E-state index contributed by atoms with van der Waals surface area (Å²) >= 11 is 0. The first kappa shape index (κ1) is 22.4. The van der Waals surface area contributed by atoms with Crippen molar-refractivity contribution >= 4 is 33.5 Å². The summed E-state index contributed by atoms with van der Waals surface area (Å²) in [5, 5.41) is 24.8. The molecule has 0 aliphatic heterocycles. The number of nitro groups is 1. The highest BCUT2D eigenvalue weighted by Crippen LogP contribution is 2.29. The van der Waals surface area contributed by atoms with Crippen molar-refractivity contribution in [3.05, 3.63) is 94.5 Å². The number of aromatic hydroxyl groups is 1. The second kappa shape index (κ2) is 9.71. The van der Waals surface area contributed by atoms with E-state index in [2.05, 4.69) is 10.5 Å². The number of phenolic OH excluding ortho intramolecular Hbond substituents is 1. The van der Waals surface area contributed by atoms with Crippen molar-refractivity contribution in [3.63, 3.8) is 0 Å². The Morgan fingerprint density at radius 3 is 2.34 bits per heavy atom. The quantitative estimate of drug-likeness (QED) is 0.304. The maximum atomic E-state index is 13.3. The van der Waals surface area contributed by atoms with Crippen LogP contribution in [0.25, 0.3) is 0 Å². The summed E-state index contributed by atoms with van der Waals surface area (Å²) in [6.45, 7) is -0.684. The van der Waals surface area contributed by atoms with Crippen LogP contribution in [0, 0.1) is 10.1 Å². The Balaban J connectivity index is 1.90. The van der Waals surface area contributed by atoms with E-state index in [1.807, 2.05) is 0 Å². The normalized spacial score (nSPS) is 11.2. The first-order valence-electron chi connectivity index (χ1n) is 9.22. The lowest BCUT2D eigenvalue weighted by Gasteiger charge is -2.23. The molecule has 10 nitrogen and oxygen atoms in total. The van der Waals surface area contributed by atoms with Crippen molar-refractivity contribution in [3.8, 4) is 5.75 Å². The third kappa shape index (κ3) is 5.08. The number of amides is 1. The van der Waals surface area contributed by atoms with Gasteiger partial charge in [-0.3, -0.25) is 19.2 Å². The lowest BCUT2D eigenvalue weighted by molar-refractivity contribution is -0.387. The smallest absolute Gasteiger partial charge is 0.289 e. The fraction of sp³-hybridized carbons (Fsp3) is 0.0476. The second-order valence-electron chi connectivity index (χ2n) is 6.42. The topological polar surface area (TPSA) is 142 Å². The zero-order valence-electron chi connectivity index (χ0n) is 16.5. The van der Waals surface area contributed by atoms with Gasteiger partial charge in [0.2, 0.25) is 0 Å². The molecular weight excluding hydrogens is 436 g/mol. The Morgan fingerprint density at radius 2 is 1.66 bits per heavy atom. The van der Waals surface area contributed by atoms with Crippen LogP contribution in [0.5, 0.6) is 5.75 Å². The Kier molecular flexibility index (Phi) is 6.80. The van der Waals surface area contributed by atoms with Gasteiger partial charge < -0.3 is 5.11 Å². The minimum Gasteiger partial charge on any atom is -0.507 e. The van der Waals surface area contributed by atoms with Gasteiger partial charge in [0.1, 0.15) is 12.3 Å². The van der Waals surface area contributed by atoms with Crippen LogP contribution in [-0.4, -0.2) is 37.1 Å². The fourth-order valence-corrected chi connectivity index (χ4v) is 4.37. The maximum Gasteiger partial charge on any atom is 0.289 e. The molecule has 0 bridgehead atoms. The molecule has 0 unspecified atom stereocenters. The van der Waals surface area contributed by atoms with Crippen LogP contribution in [0.1, 0.15) is 5.56 Å². The highest BCUT2D eigenvalue weighted by molar-refractivity contribution is 7.93. The number of rotatable bonds is 8. The van der Waals surface area contributed by atoms with Crippen molar-refractivity contribution in [2.75, 3.05) is 10.8 Å². The average Bonchev–Trinajstić information content (AvgIpc) is 2.79. The maximum absolute atomic E-state index is 13.3. The zero-order chi connectivity index (χ0) is 23.1. The molecule has 2 N–H and O–H groups in total. The first-order chi connectivity index (χ1) is 15.3. The van der Waals surface area contributed by atoms with Gasteiger partial charge in [-0.2, -0.15) is 5.10 Å². The number of carbonyl (C=O) groups excluding carboxylic acids is 1. The van der Waals surface area contributed by atoms with Crippen molar-refractivity contribution in [1.82, 2.24) is 5.43 Å². The third-order valence-corrected chi connectivity index (χ3v) is 6.11. The SMILES string of the molecule is O=C(CN(c1ccccc1)S(=O)(=O)c1ccccc1[N+](=O)[O-])N/N=C/c1ccccc1O. The van der Waals surface area contributed by atoms with Crippen LogP contribution in [-0.2, 0) is 14.8 Å². The minimum atomic E-state index is -4.47. The standard InChI is InChI=1S/C21H18N4O6S/c26-19-12-6-4-8-16(19)14-22-23-21(27)15-24(17-9-2-1-3-10-17)32(30,31)20-13-7-5-11-18(20)25(28)29/h1-14,26H,15H2,(H,23,27)/b22-14+. The third-order valence-electron chi connectivity index (χ3n) is 4.29. The Bertz CT molecular complexity index is 1260. The van der Waals surface area contributed by atoms with E-state index in [1.54, 1.807) is 36.4 Å². The van der Waals surface area contributed by atoms with E-state index in [0.29, 0.717) is 5.56 Å². The number of nitrogens with one attached hydrogen (secondary N) is 1. The predicted molar refractivity (Wildman–Crippen MR) is 118 cm³/mol. The van der Waals surface area contributed by atoms with Crippen LogP contribution in [0.3, 0.4) is 0 Å². The van der Waals surface area contributed by atoms with E-state index in [1.165, 1.54) is 36.5 Å². The van der Waals surface area contributed by atoms with Crippen LogP contribution in [0.4, 0.5) is 11.4 Å². The van der Waals surface area contributed by atoms with Gasteiger partial charge in [-0.1, -0.05) is 42.5 Å². The molecule has 1 amide bonds. The van der Waals surface area contributed by atoms with Crippen molar-refractivity contribution < 1.29 is 23.2 Å². The molecule has 0 aliphatic rings. The van der Waals surface area contributed by atoms with Gasteiger partial charge in [-0.25, -0.2) is 13.8 Å². The van der Waals surface area contributed by atoms with Crippen molar-refractivity contribution in [2.24, 2.45) is 5.10 Å². The molecule has 0 saturated carbocycles. The van der Waals surface area contributed by atoms with Crippen LogP contribution in [0.15, 0.2) is 88.9 Å². The van der Waals surface area contributed by atoms with E-state index in [0.717, 1.165) is 16.4 Å². The highest BCUT2D eigenvalue weighted by atomic mass is 32.2. The minimum absolute atomic E-state index is 0.0459. The number of benzene rings is 3. The number of nitrogens with zero attached hydrogens (tertiary/aromatic N) is 3. The number of sulfonamides is 1. The molecule has 0 radical (unpaired) electrons. The molecule has 32 heavy (non-hydrogen) atoms. The van der Waals surface area contributed by atoms with E-state index in [4.69, 9.17) is 0 Å². The molecule has 0 fully saturated rings. The van der Waals surface area contributed by atoms with Gasteiger partial charge in [-0.15, -0.1) is 0 Å². The summed E-state index contributed by atoms with van der Waals surface area (Å²) in [5.74, 6) is -0.835. The van der Waals surface area contributed by atoms with Gasteiger partial charge in [0.15, 0.2) is 4.90 Å². The molecule has 3 rings (SSSR count). The Morgan fingerprint density at radius 1 is 1.03 bits per heavy atom. The van der Waals surface area contributed by atoms with Crippen LogP contribution >= 0.6 is 0 Å². The number of nitro benzene ring substituents is 1. The molecule has 3 aromatic rings. The van der Waals surface area contributed by atoms with E-state index in [9.17, 15) is 28.4 Å². The molecule has 3 aromatic carbocycles. The van der Waals surface area contributed by atoms with Crippen molar-refractivity contribution in [2.45, 2.75) is 4.90 Å². The number of hydrogen-bond donors (Lipinski definition) is 2. The number of carbonyl (C=O) groups is 1. The Hall–Kier alpha value is -4.25. The fourth-order valence-electron chi connectivity index (χ4n) is 2.79. The van der Waals surface area contributed by atoms with Crippen LogP contribution < -0.4 is 9.73 Å². The van der Waals surface area contributed by atoms with E-state index in [-0.39, 0.29) is 11.4 Å². The van der Waals surface area contributed by atoms with Gasteiger partial charge in [-0.05, 0) is 30.3 Å². The summed E-state index contributed by atoms with van der Waals surface area (Å²) in [4.78, 5) is 22.5. The van der Waals surface area contributed by atoms with E-state index < -0.39 is 38.0 Å². The molecule has 164 valence electrons. The van der Waals surface area contributed by atoms with Gasteiger partial charge in [0.25, 0.3) is 21.6 Å². The summed E-state index contributed by atoms with van der Waals surface area (Å²) in [5.41, 5.74) is 2.09. The molecule has 0 saturated heterocycles. The first-order valence-corrected chi connectivity index (χ1v) is 10.7. The molecule has 0 aliphatic carbocycles. The van der Waals surface area contributed by atoms with Gasteiger partial charge in [0, 0.05) is 11.6 Å². The molecule has 0 heterocycles. The second-order valence-corrected chi connectivity index (χ2v) is 8.25. The molecular formula is C21H18N4O6S. The molecule has 11 heteroatoms. The number of anilines is 1. The molecule has 0 spiro atoms. The number of hydrogen-bond acceptors (Lipinski definition) is 7. The van der Waals surface area contributed by atoms with E-state index >= 15 is 0 Å². The zero-order valence-corrected chi connectivity index (χ0v) is 17.3. The van der Waals surface area contributed by atoms with Crippen molar-refractivity contribution in [1.29, 1.82) is 0 Å². The Labute approximate surface area is 183 Å². The number of para-hydroxylation sites is 3. The lowest BCUT2D eigenvalue weighted by Crippen LogP contribution is -2.39. The average molecular weight is 454 g/mol. The van der Waals surface area contributed by atoms with Gasteiger partial charge >= 0.3 is 0 Å². The number of phenols is 1. The summed E-state index contributed by atoms with van der Waals surface area (Å²) < 4.78 is 27.4. The summed E-state index contributed by atoms with van der Waals surface area (Å²) in [6.07, 6.45) is 1.20. The molecule has 0 aromatic heterocycles. The summed E-state index contributed by atoms with van der Waals surface area (Å²) in [6, 6.07) is 18.9. The molecule has 0 atom stereocenters. The largest absolute Gasteiger partial charge is 0.507 e. The highest BCUT2D eigenvalue weighted by Gasteiger charge is 2.33. The predicted octanol–water partition coefficient (Wildman–Crippen LogP) is 2.65. The summed E-state index contributed by atoms with van der Waals surface area (Å²) in [7, 11) is -4.47. The lowest BCUT2D eigenvalue weighted by atomic mass is 10.2. The number of hydrazone groups is 1.